The molecule has 6 heteroatoms. The number of benzene rings is 1. The van der Waals surface area contributed by atoms with Crippen molar-refractivity contribution >= 4 is 27.6 Å². The summed E-state index contributed by atoms with van der Waals surface area (Å²) in [5, 5.41) is 16.2. The largest absolute Gasteiger partial charge is 0.305 e. The van der Waals surface area contributed by atoms with Crippen molar-refractivity contribution in [2.24, 2.45) is 16.2 Å². The minimum absolute atomic E-state index is 0.0719. The van der Waals surface area contributed by atoms with Crippen molar-refractivity contribution in [3.63, 3.8) is 0 Å². The van der Waals surface area contributed by atoms with E-state index in [2.05, 4.69) is 20.3 Å². The molecule has 0 unspecified atom stereocenters. The fourth-order valence-electron chi connectivity index (χ4n) is 1.96. The predicted molar refractivity (Wildman–Crippen MR) is 72.9 cm³/mol. The first kappa shape index (κ1) is 11.2. The summed E-state index contributed by atoms with van der Waals surface area (Å²) in [5.41, 5.74) is 1.96. The molecule has 0 saturated carbocycles. The van der Waals surface area contributed by atoms with Crippen LogP contribution >= 0.6 is 0 Å². The molecule has 6 nitrogen and oxygen atoms in total. The molecule has 2 heterocycles. The Hall–Kier alpha value is -2.89. The van der Waals surface area contributed by atoms with Gasteiger partial charge in [0, 0.05) is 17.0 Å². The normalized spacial score (nSPS) is 11.4. The summed E-state index contributed by atoms with van der Waals surface area (Å²) in [6.07, 6.45) is 1.72. The Morgan fingerprint density at radius 1 is 1.05 bits per heavy atom. The third-order valence-corrected chi connectivity index (χ3v) is 2.83. The van der Waals surface area contributed by atoms with Crippen molar-refractivity contribution in [2.75, 3.05) is 0 Å². The van der Waals surface area contributed by atoms with Gasteiger partial charge in [0.05, 0.1) is 11.0 Å². The minimum atomic E-state index is -0.0719. The van der Waals surface area contributed by atoms with Gasteiger partial charge in [0.15, 0.2) is 5.84 Å². The number of nitrogens with one attached hydrogen (secondary N) is 1. The molecule has 0 aliphatic rings. The molecule has 3 rings (SSSR count). The molecule has 0 aliphatic carbocycles. The van der Waals surface area contributed by atoms with Crippen molar-refractivity contribution in [1.82, 2.24) is 9.97 Å². The second-order valence-corrected chi connectivity index (χ2v) is 3.97. The average Bonchev–Trinajstić information content (AvgIpc) is 2.47. The Morgan fingerprint density at radius 2 is 1.79 bits per heavy atom. The molecule has 0 saturated heterocycles. The van der Waals surface area contributed by atoms with E-state index in [1.165, 1.54) is 0 Å². The van der Waals surface area contributed by atoms with Crippen LogP contribution in [0.2, 0.25) is 0 Å². The lowest BCUT2D eigenvalue weighted by Crippen LogP contribution is -1.99. The van der Waals surface area contributed by atoms with Crippen LogP contribution in [0.1, 0.15) is 5.69 Å². The summed E-state index contributed by atoms with van der Waals surface area (Å²) >= 11 is 0. The molecule has 3 aromatic rings. The fourth-order valence-corrected chi connectivity index (χ4v) is 1.96. The van der Waals surface area contributed by atoms with Gasteiger partial charge in [-0.05, 0) is 12.1 Å². The highest BCUT2D eigenvalue weighted by Gasteiger charge is 2.07. The summed E-state index contributed by atoms with van der Waals surface area (Å²) in [6, 6.07) is 11.4. The summed E-state index contributed by atoms with van der Waals surface area (Å²) < 4.78 is 0. The summed E-state index contributed by atoms with van der Waals surface area (Å²) in [5.74, 6) is 4.88. The highest BCUT2D eigenvalue weighted by molar-refractivity contribution is 6.05. The third-order valence-electron chi connectivity index (χ3n) is 2.83. The number of hydrogen-bond acceptors (Lipinski definition) is 4. The predicted octanol–water partition coefficient (Wildman–Crippen LogP) is 2.43. The Labute approximate surface area is 108 Å². The van der Waals surface area contributed by atoms with Gasteiger partial charge >= 0.3 is 0 Å². The molecule has 0 aliphatic heterocycles. The Balaban J connectivity index is 2.31. The first-order chi connectivity index (χ1) is 9.29. The van der Waals surface area contributed by atoms with Crippen LogP contribution in [0.25, 0.3) is 21.8 Å². The van der Waals surface area contributed by atoms with Gasteiger partial charge in [0.1, 0.15) is 5.69 Å². The van der Waals surface area contributed by atoms with E-state index in [9.17, 15) is 0 Å². The zero-order chi connectivity index (χ0) is 13.2. The van der Waals surface area contributed by atoms with E-state index in [0.717, 1.165) is 21.8 Å². The standard InChI is InChI=1S/C13H10N6/c14-13(18-19-15)10-6-5-9-4-3-8-2-1-7-16-11(8)12(9)17-10/h1-7H,(H3,14,15,18). The van der Waals surface area contributed by atoms with Gasteiger partial charge in [-0.1, -0.05) is 29.5 Å². The minimum Gasteiger partial charge on any atom is -0.305 e. The maximum absolute atomic E-state index is 7.69. The summed E-state index contributed by atoms with van der Waals surface area (Å²) in [4.78, 5) is 8.77. The lowest BCUT2D eigenvalue weighted by molar-refractivity contribution is 1.07. The molecule has 3 N–H and O–H groups in total. The van der Waals surface area contributed by atoms with Crippen LogP contribution < -0.4 is 5.84 Å². The Kier molecular flexibility index (Phi) is 2.60. The van der Waals surface area contributed by atoms with Gasteiger partial charge in [-0.2, -0.15) is 0 Å². The number of amidine groups is 1. The number of fused-ring (bicyclic) bond motifs is 3. The van der Waals surface area contributed by atoms with E-state index in [-0.39, 0.29) is 5.84 Å². The summed E-state index contributed by atoms with van der Waals surface area (Å²) in [7, 11) is 0. The van der Waals surface area contributed by atoms with E-state index >= 15 is 0 Å². The van der Waals surface area contributed by atoms with E-state index < -0.39 is 0 Å². The molecule has 0 spiro atoms. The van der Waals surface area contributed by atoms with E-state index in [1.54, 1.807) is 12.3 Å². The van der Waals surface area contributed by atoms with Gasteiger partial charge in [0.2, 0.25) is 0 Å². The summed E-state index contributed by atoms with van der Waals surface area (Å²) in [6.45, 7) is 0. The van der Waals surface area contributed by atoms with Crippen molar-refractivity contribution in [3.8, 4) is 0 Å². The average molecular weight is 250 g/mol. The van der Waals surface area contributed by atoms with Crippen LogP contribution in [-0.2, 0) is 0 Å². The third kappa shape index (κ3) is 1.89. The van der Waals surface area contributed by atoms with Gasteiger partial charge < -0.3 is 5.84 Å². The number of rotatable bonds is 1. The van der Waals surface area contributed by atoms with Crippen LogP contribution in [-0.4, -0.2) is 15.8 Å². The second-order valence-electron chi connectivity index (χ2n) is 3.97. The fraction of sp³-hybridized carbons (Fsp3) is 0. The van der Waals surface area contributed by atoms with E-state index in [0.29, 0.717) is 5.69 Å². The molecule has 1 aromatic carbocycles. The van der Waals surface area contributed by atoms with Crippen LogP contribution in [0.4, 0.5) is 0 Å². The molecule has 92 valence electrons. The number of pyridine rings is 2. The maximum Gasteiger partial charge on any atom is 0.194 e. The van der Waals surface area contributed by atoms with Crippen molar-refractivity contribution < 1.29 is 0 Å². The number of nitrogens with two attached hydrogens (primary N) is 1. The quantitative estimate of drug-likeness (QED) is 0.173. The van der Waals surface area contributed by atoms with Crippen LogP contribution in [0.5, 0.6) is 0 Å². The van der Waals surface area contributed by atoms with Crippen LogP contribution in [0.15, 0.2) is 52.9 Å². The van der Waals surface area contributed by atoms with Gasteiger partial charge in [-0.3, -0.25) is 10.4 Å². The topological polar surface area (TPSA) is 100 Å². The molecule has 0 radical (unpaired) electrons. The molecule has 0 fully saturated rings. The molecule has 0 amide bonds. The molecule has 0 bridgehead atoms. The van der Waals surface area contributed by atoms with Crippen molar-refractivity contribution in [3.05, 3.63) is 48.3 Å². The molecule has 0 atom stereocenters. The number of hydrogen-bond donors (Lipinski definition) is 2. The second kappa shape index (κ2) is 4.41. The van der Waals surface area contributed by atoms with E-state index in [1.807, 2.05) is 30.3 Å². The van der Waals surface area contributed by atoms with Gasteiger partial charge in [-0.25, -0.2) is 4.98 Å². The molecular formula is C13H10N6. The SMILES string of the molecule is N=C(N=NN)c1ccc2ccc3cccnc3c2n1. The first-order valence-corrected chi connectivity index (χ1v) is 5.64. The highest BCUT2D eigenvalue weighted by atomic mass is 15.3. The van der Waals surface area contributed by atoms with Gasteiger partial charge in [0.25, 0.3) is 0 Å². The monoisotopic (exact) mass is 250 g/mol. The van der Waals surface area contributed by atoms with Crippen LogP contribution in [0.3, 0.4) is 0 Å². The molecular weight excluding hydrogens is 240 g/mol. The lowest BCUT2D eigenvalue weighted by atomic mass is 10.1. The van der Waals surface area contributed by atoms with Gasteiger partial charge in [-0.15, -0.1) is 5.11 Å². The maximum atomic E-state index is 7.69. The first-order valence-electron chi connectivity index (χ1n) is 5.64. The van der Waals surface area contributed by atoms with E-state index in [4.69, 9.17) is 11.3 Å². The molecule has 2 aromatic heterocycles. The molecule has 19 heavy (non-hydrogen) atoms. The van der Waals surface area contributed by atoms with Crippen molar-refractivity contribution in [2.45, 2.75) is 0 Å². The Bertz CT molecular complexity index is 808. The number of aromatic nitrogens is 2. The van der Waals surface area contributed by atoms with Crippen molar-refractivity contribution in [1.29, 1.82) is 5.41 Å². The zero-order valence-corrected chi connectivity index (χ0v) is 9.91. The lowest BCUT2D eigenvalue weighted by Gasteiger charge is -2.03. The number of nitrogens with zero attached hydrogens (tertiary/aromatic N) is 4. The Morgan fingerprint density at radius 3 is 2.58 bits per heavy atom. The smallest absolute Gasteiger partial charge is 0.194 e. The zero-order valence-electron chi connectivity index (χ0n) is 9.91. The highest BCUT2D eigenvalue weighted by Crippen LogP contribution is 2.22. The van der Waals surface area contributed by atoms with Crippen LogP contribution in [0, 0.1) is 5.41 Å².